The van der Waals surface area contributed by atoms with Crippen LogP contribution in [0.15, 0.2) is 48.5 Å². The molecule has 1 amide bonds. The lowest BCUT2D eigenvalue weighted by Gasteiger charge is -2.48. The molecule has 1 aliphatic rings. The van der Waals surface area contributed by atoms with Gasteiger partial charge in [0.2, 0.25) is 0 Å². The van der Waals surface area contributed by atoms with Crippen LogP contribution >= 0.6 is 0 Å². The van der Waals surface area contributed by atoms with Crippen LogP contribution in [0.3, 0.4) is 0 Å². The van der Waals surface area contributed by atoms with Gasteiger partial charge in [-0.15, -0.1) is 0 Å². The van der Waals surface area contributed by atoms with Crippen molar-refractivity contribution in [1.82, 2.24) is 0 Å². The summed E-state index contributed by atoms with van der Waals surface area (Å²) in [6.07, 6.45) is 1.69. The number of fused-ring (bicyclic) bond motifs is 1. The van der Waals surface area contributed by atoms with Crippen LogP contribution in [0, 0.1) is 0 Å². The number of carbonyl (C=O) groups is 1. The van der Waals surface area contributed by atoms with Gasteiger partial charge in [-0.25, -0.2) is 0 Å². The number of nitrogens with one attached hydrogen (secondary N) is 1. The van der Waals surface area contributed by atoms with Gasteiger partial charge in [0.1, 0.15) is 5.66 Å². The van der Waals surface area contributed by atoms with E-state index in [2.05, 4.69) is 57.3 Å². The number of carbonyl (C=O) groups excluding carboxylic acids is 1. The van der Waals surface area contributed by atoms with Gasteiger partial charge in [-0.2, -0.15) is 0 Å². The van der Waals surface area contributed by atoms with Gasteiger partial charge in [0.25, 0.3) is 5.91 Å². The number of hydrogen-bond donors (Lipinski definition) is 1. The highest BCUT2D eigenvalue weighted by Gasteiger charge is 2.42. The highest BCUT2D eigenvalue weighted by atomic mass is 16.2. The molecule has 3 rings (SSSR count). The molecule has 0 bridgehead atoms. The predicted molar refractivity (Wildman–Crippen MR) is 101 cm³/mol. The van der Waals surface area contributed by atoms with E-state index in [1.165, 1.54) is 5.56 Å². The van der Waals surface area contributed by atoms with Crippen molar-refractivity contribution in [3.05, 3.63) is 59.7 Å². The number of hydrogen-bond acceptors (Lipinski definition) is 2. The van der Waals surface area contributed by atoms with Crippen molar-refractivity contribution >= 4 is 17.3 Å². The van der Waals surface area contributed by atoms with Gasteiger partial charge in [-0.3, -0.25) is 9.69 Å². The van der Waals surface area contributed by atoms with Gasteiger partial charge < -0.3 is 5.32 Å². The Kier molecular flexibility index (Phi) is 4.35. The fourth-order valence-electron chi connectivity index (χ4n) is 3.52. The third-order valence-electron chi connectivity index (χ3n) is 5.14. The summed E-state index contributed by atoms with van der Waals surface area (Å²) in [6, 6.07) is 16.2. The molecule has 126 valence electrons. The number of benzene rings is 2. The zero-order valence-electron chi connectivity index (χ0n) is 15.0. The van der Waals surface area contributed by atoms with Gasteiger partial charge in [0, 0.05) is 11.4 Å². The summed E-state index contributed by atoms with van der Waals surface area (Å²) in [6.45, 7) is 8.63. The molecule has 1 aliphatic heterocycles. The standard InChI is InChI=1S/C21H26N2O/c1-5-21(6-2)22-19-10-8-7-9-18(19)20(24)23(21)17-13-11-16(12-14-17)15(3)4/h7-15,22H,5-6H2,1-4H3. The van der Waals surface area contributed by atoms with E-state index in [4.69, 9.17) is 0 Å². The molecule has 24 heavy (non-hydrogen) atoms. The maximum absolute atomic E-state index is 13.3. The van der Waals surface area contributed by atoms with E-state index in [0.717, 1.165) is 29.8 Å². The van der Waals surface area contributed by atoms with Crippen LogP contribution in [0.4, 0.5) is 11.4 Å². The summed E-state index contributed by atoms with van der Waals surface area (Å²) >= 11 is 0. The lowest BCUT2D eigenvalue weighted by molar-refractivity contribution is 0.0949. The summed E-state index contributed by atoms with van der Waals surface area (Å²) in [4.78, 5) is 15.2. The summed E-state index contributed by atoms with van der Waals surface area (Å²) in [5.41, 5.74) is 3.53. The molecule has 2 aromatic carbocycles. The number of amides is 1. The molecular weight excluding hydrogens is 296 g/mol. The van der Waals surface area contributed by atoms with Crippen LogP contribution < -0.4 is 10.2 Å². The van der Waals surface area contributed by atoms with Crippen LogP contribution in [0.5, 0.6) is 0 Å². The third kappa shape index (κ3) is 2.58. The average molecular weight is 322 g/mol. The first-order valence-electron chi connectivity index (χ1n) is 8.84. The van der Waals surface area contributed by atoms with Gasteiger partial charge in [0.05, 0.1) is 5.56 Å². The molecule has 3 heteroatoms. The molecule has 0 aliphatic carbocycles. The maximum atomic E-state index is 13.3. The topological polar surface area (TPSA) is 32.3 Å². The molecule has 0 atom stereocenters. The highest BCUT2D eigenvalue weighted by Crippen LogP contribution is 2.38. The molecule has 0 aromatic heterocycles. The Labute approximate surface area is 144 Å². The van der Waals surface area contributed by atoms with Crippen LogP contribution in [-0.2, 0) is 0 Å². The van der Waals surface area contributed by atoms with E-state index >= 15 is 0 Å². The van der Waals surface area contributed by atoms with Crippen molar-refractivity contribution in [2.45, 2.75) is 52.1 Å². The number of anilines is 2. The minimum Gasteiger partial charge on any atom is -0.362 e. The Balaban J connectivity index is 2.10. The van der Waals surface area contributed by atoms with Crippen LogP contribution in [-0.4, -0.2) is 11.6 Å². The van der Waals surface area contributed by atoms with E-state index in [-0.39, 0.29) is 11.6 Å². The summed E-state index contributed by atoms with van der Waals surface area (Å²) in [7, 11) is 0. The van der Waals surface area contributed by atoms with Gasteiger partial charge in [0.15, 0.2) is 0 Å². The molecule has 1 heterocycles. The number of para-hydroxylation sites is 1. The van der Waals surface area contributed by atoms with E-state index in [1.807, 2.05) is 29.2 Å². The molecule has 1 N–H and O–H groups in total. The van der Waals surface area contributed by atoms with Crippen LogP contribution in [0.25, 0.3) is 0 Å². The molecular formula is C21H26N2O. The Morgan fingerprint density at radius 3 is 2.21 bits per heavy atom. The fourth-order valence-corrected chi connectivity index (χ4v) is 3.52. The Hall–Kier alpha value is -2.29. The second-order valence-corrected chi connectivity index (χ2v) is 6.80. The zero-order valence-corrected chi connectivity index (χ0v) is 15.0. The Morgan fingerprint density at radius 2 is 1.62 bits per heavy atom. The van der Waals surface area contributed by atoms with E-state index < -0.39 is 0 Å². The molecule has 3 nitrogen and oxygen atoms in total. The quantitative estimate of drug-likeness (QED) is 0.817. The normalized spacial score (nSPS) is 16.0. The molecule has 0 fully saturated rings. The lowest BCUT2D eigenvalue weighted by Crippen LogP contribution is -2.59. The van der Waals surface area contributed by atoms with Crippen molar-refractivity contribution in [3.8, 4) is 0 Å². The molecule has 0 spiro atoms. The first-order valence-corrected chi connectivity index (χ1v) is 8.84. The van der Waals surface area contributed by atoms with Crippen molar-refractivity contribution in [3.63, 3.8) is 0 Å². The second-order valence-electron chi connectivity index (χ2n) is 6.80. The van der Waals surface area contributed by atoms with Crippen molar-refractivity contribution in [2.24, 2.45) is 0 Å². The summed E-state index contributed by atoms with van der Waals surface area (Å²) < 4.78 is 0. The number of nitrogens with zero attached hydrogens (tertiary/aromatic N) is 1. The minimum atomic E-state index is -0.384. The summed E-state index contributed by atoms with van der Waals surface area (Å²) in [5.74, 6) is 0.558. The predicted octanol–water partition coefficient (Wildman–Crippen LogP) is 5.40. The Bertz CT molecular complexity index is 730. The second kappa shape index (κ2) is 6.31. The zero-order chi connectivity index (χ0) is 17.3. The monoisotopic (exact) mass is 322 g/mol. The van der Waals surface area contributed by atoms with E-state index in [9.17, 15) is 4.79 Å². The number of rotatable bonds is 4. The van der Waals surface area contributed by atoms with Crippen molar-refractivity contribution < 1.29 is 4.79 Å². The van der Waals surface area contributed by atoms with Crippen LogP contribution in [0.1, 0.15) is 62.4 Å². The Morgan fingerprint density at radius 1 is 1.00 bits per heavy atom. The smallest absolute Gasteiger partial charge is 0.262 e. The molecule has 0 saturated heterocycles. The first kappa shape index (κ1) is 16.6. The molecule has 0 radical (unpaired) electrons. The van der Waals surface area contributed by atoms with Crippen molar-refractivity contribution in [2.75, 3.05) is 10.2 Å². The lowest BCUT2D eigenvalue weighted by atomic mass is 9.93. The summed E-state index contributed by atoms with van der Waals surface area (Å²) in [5, 5.41) is 3.63. The fraction of sp³-hybridized carbons (Fsp3) is 0.381. The largest absolute Gasteiger partial charge is 0.362 e. The minimum absolute atomic E-state index is 0.0744. The third-order valence-corrected chi connectivity index (χ3v) is 5.14. The van der Waals surface area contributed by atoms with Crippen LogP contribution in [0.2, 0.25) is 0 Å². The maximum Gasteiger partial charge on any atom is 0.262 e. The van der Waals surface area contributed by atoms with Gasteiger partial charge in [-0.1, -0.05) is 52.0 Å². The SMILES string of the molecule is CCC1(CC)Nc2ccccc2C(=O)N1c1ccc(C(C)C)cc1. The molecule has 0 unspecified atom stereocenters. The molecule has 0 saturated carbocycles. The van der Waals surface area contributed by atoms with Gasteiger partial charge in [-0.05, 0) is 48.6 Å². The molecule has 2 aromatic rings. The first-order chi connectivity index (χ1) is 11.5. The van der Waals surface area contributed by atoms with E-state index in [0.29, 0.717) is 5.92 Å². The average Bonchev–Trinajstić information content (AvgIpc) is 2.61. The highest BCUT2D eigenvalue weighted by molar-refractivity contribution is 6.12. The van der Waals surface area contributed by atoms with Gasteiger partial charge >= 0.3 is 0 Å². The van der Waals surface area contributed by atoms with Crippen molar-refractivity contribution in [1.29, 1.82) is 0 Å². The van der Waals surface area contributed by atoms with E-state index in [1.54, 1.807) is 0 Å².